The summed E-state index contributed by atoms with van der Waals surface area (Å²) in [5.74, 6) is -0.782. The number of benzene rings is 2. The number of piperidine rings is 1. The topological polar surface area (TPSA) is 64.7 Å². The van der Waals surface area contributed by atoms with Gasteiger partial charge in [0.15, 0.2) is 0 Å². The molecule has 2 aromatic carbocycles. The second kappa shape index (κ2) is 10.1. The van der Waals surface area contributed by atoms with Gasteiger partial charge in [-0.1, -0.05) is 30.3 Å². The molecule has 1 aliphatic heterocycles. The van der Waals surface area contributed by atoms with Crippen molar-refractivity contribution in [2.45, 2.75) is 19.4 Å². The van der Waals surface area contributed by atoms with E-state index >= 15 is 0 Å². The van der Waals surface area contributed by atoms with Crippen molar-refractivity contribution in [3.8, 4) is 0 Å². The van der Waals surface area contributed by atoms with E-state index in [4.69, 9.17) is 0 Å². The van der Waals surface area contributed by atoms with Crippen LogP contribution in [0.1, 0.15) is 18.4 Å². The predicted octanol–water partition coefficient (Wildman–Crippen LogP) is 2.72. The average Bonchev–Trinajstić information content (AvgIpc) is 2.74. The zero-order valence-electron chi connectivity index (χ0n) is 17.2. The van der Waals surface area contributed by atoms with Gasteiger partial charge in [0, 0.05) is 38.6 Å². The predicted molar refractivity (Wildman–Crippen MR) is 117 cm³/mol. The molecule has 6 heteroatoms. The molecule has 154 valence electrons. The lowest BCUT2D eigenvalue weighted by atomic mass is 9.96. The van der Waals surface area contributed by atoms with E-state index in [1.807, 2.05) is 37.2 Å². The fraction of sp³-hybridized carbons (Fsp3) is 0.391. The van der Waals surface area contributed by atoms with E-state index in [2.05, 4.69) is 39.8 Å². The summed E-state index contributed by atoms with van der Waals surface area (Å²) in [6, 6.07) is 17.9. The van der Waals surface area contributed by atoms with E-state index < -0.39 is 11.8 Å². The van der Waals surface area contributed by atoms with Gasteiger partial charge < -0.3 is 15.5 Å². The van der Waals surface area contributed by atoms with Gasteiger partial charge in [-0.05, 0) is 61.7 Å². The molecule has 29 heavy (non-hydrogen) atoms. The number of likely N-dealkylation sites (tertiary alicyclic amines) is 1. The third-order valence-electron chi connectivity index (χ3n) is 5.36. The lowest BCUT2D eigenvalue weighted by Crippen LogP contribution is -2.41. The van der Waals surface area contributed by atoms with E-state index in [-0.39, 0.29) is 0 Å². The molecule has 0 atom stereocenters. The van der Waals surface area contributed by atoms with Crippen LogP contribution in [-0.4, -0.2) is 50.4 Å². The van der Waals surface area contributed by atoms with Gasteiger partial charge in [-0.25, -0.2) is 0 Å². The van der Waals surface area contributed by atoms with Crippen LogP contribution in [0.4, 0.5) is 11.4 Å². The Hall–Kier alpha value is -2.86. The molecule has 3 rings (SSSR count). The van der Waals surface area contributed by atoms with Gasteiger partial charge in [-0.3, -0.25) is 14.5 Å². The normalized spacial score (nSPS) is 15.0. The number of carbonyl (C=O) groups excluding carboxylic acids is 2. The first-order valence-corrected chi connectivity index (χ1v) is 10.1. The summed E-state index contributed by atoms with van der Waals surface area (Å²) >= 11 is 0. The molecule has 2 aromatic rings. The van der Waals surface area contributed by atoms with Crippen LogP contribution in [0.15, 0.2) is 54.6 Å². The molecule has 6 nitrogen and oxygen atoms in total. The third kappa shape index (κ3) is 6.32. The monoisotopic (exact) mass is 394 g/mol. The Kier molecular flexibility index (Phi) is 7.25. The van der Waals surface area contributed by atoms with Crippen LogP contribution < -0.4 is 15.5 Å². The number of nitrogens with zero attached hydrogens (tertiary/aromatic N) is 2. The highest BCUT2D eigenvalue weighted by Crippen LogP contribution is 2.19. The van der Waals surface area contributed by atoms with Crippen molar-refractivity contribution in [2.24, 2.45) is 5.92 Å². The molecule has 0 saturated carbocycles. The molecule has 0 spiro atoms. The van der Waals surface area contributed by atoms with Crippen LogP contribution in [0.25, 0.3) is 0 Å². The van der Waals surface area contributed by atoms with Crippen molar-refractivity contribution < 1.29 is 9.59 Å². The van der Waals surface area contributed by atoms with Crippen molar-refractivity contribution in [1.82, 2.24) is 10.2 Å². The first kappa shape index (κ1) is 20.9. The molecule has 1 aliphatic rings. The van der Waals surface area contributed by atoms with Gasteiger partial charge in [-0.2, -0.15) is 0 Å². The van der Waals surface area contributed by atoms with Crippen LogP contribution >= 0.6 is 0 Å². The van der Waals surface area contributed by atoms with Crippen molar-refractivity contribution >= 4 is 23.2 Å². The van der Waals surface area contributed by atoms with Crippen LogP contribution in [0.3, 0.4) is 0 Å². The van der Waals surface area contributed by atoms with E-state index in [0.29, 0.717) is 18.2 Å². The summed E-state index contributed by atoms with van der Waals surface area (Å²) in [5, 5.41) is 5.44. The molecular formula is C23H30N4O2. The number of amides is 2. The highest BCUT2D eigenvalue weighted by Gasteiger charge is 2.21. The molecule has 0 unspecified atom stereocenters. The molecule has 1 fully saturated rings. The molecule has 0 aliphatic carbocycles. The second-order valence-corrected chi connectivity index (χ2v) is 7.81. The van der Waals surface area contributed by atoms with Crippen LogP contribution in [-0.2, 0) is 16.1 Å². The molecule has 0 radical (unpaired) electrons. The van der Waals surface area contributed by atoms with Crippen molar-refractivity contribution in [1.29, 1.82) is 0 Å². The van der Waals surface area contributed by atoms with Gasteiger partial charge >= 0.3 is 11.8 Å². The quantitative estimate of drug-likeness (QED) is 0.740. The Labute approximate surface area is 172 Å². The third-order valence-corrected chi connectivity index (χ3v) is 5.36. The maximum Gasteiger partial charge on any atom is 0.313 e. The van der Waals surface area contributed by atoms with Crippen LogP contribution in [0.5, 0.6) is 0 Å². The maximum absolute atomic E-state index is 12.1. The van der Waals surface area contributed by atoms with Crippen LogP contribution in [0, 0.1) is 5.92 Å². The van der Waals surface area contributed by atoms with Crippen molar-refractivity contribution in [3.05, 3.63) is 60.2 Å². The SMILES string of the molecule is CN(C)c1ccc(NC(=O)C(=O)NCC2CCN(Cc3ccccc3)CC2)cc1. The Morgan fingerprint density at radius 1 is 0.966 bits per heavy atom. The zero-order valence-corrected chi connectivity index (χ0v) is 17.2. The zero-order chi connectivity index (χ0) is 20.6. The van der Waals surface area contributed by atoms with Gasteiger partial charge in [0.05, 0.1) is 0 Å². The first-order valence-electron chi connectivity index (χ1n) is 10.1. The Bertz CT molecular complexity index is 797. The summed E-state index contributed by atoms with van der Waals surface area (Å²) in [7, 11) is 3.90. The van der Waals surface area contributed by atoms with Gasteiger partial charge in [0.2, 0.25) is 0 Å². The highest BCUT2D eigenvalue weighted by molar-refractivity contribution is 6.39. The molecule has 0 aromatic heterocycles. The van der Waals surface area contributed by atoms with E-state index in [1.54, 1.807) is 12.1 Å². The van der Waals surface area contributed by atoms with Gasteiger partial charge in [0.1, 0.15) is 0 Å². The number of anilines is 2. The van der Waals surface area contributed by atoms with E-state index in [9.17, 15) is 9.59 Å². The average molecular weight is 395 g/mol. The molecule has 1 heterocycles. The number of rotatable bonds is 6. The Balaban J connectivity index is 1.37. The number of hydrogen-bond donors (Lipinski definition) is 2. The summed E-state index contributed by atoms with van der Waals surface area (Å²) in [4.78, 5) is 28.7. The molecule has 0 bridgehead atoms. The smallest absolute Gasteiger partial charge is 0.313 e. The summed E-state index contributed by atoms with van der Waals surface area (Å²) < 4.78 is 0. The molecular weight excluding hydrogens is 364 g/mol. The summed E-state index contributed by atoms with van der Waals surface area (Å²) in [6.45, 7) is 3.54. The summed E-state index contributed by atoms with van der Waals surface area (Å²) in [6.07, 6.45) is 2.06. The maximum atomic E-state index is 12.1. The Morgan fingerprint density at radius 3 is 2.24 bits per heavy atom. The highest BCUT2D eigenvalue weighted by atomic mass is 16.2. The lowest BCUT2D eigenvalue weighted by molar-refractivity contribution is -0.136. The van der Waals surface area contributed by atoms with E-state index in [0.717, 1.165) is 38.2 Å². The van der Waals surface area contributed by atoms with Crippen molar-refractivity contribution in [2.75, 3.05) is 43.9 Å². The van der Waals surface area contributed by atoms with Gasteiger partial charge in [0.25, 0.3) is 0 Å². The summed E-state index contributed by atoms with van der Waals surface area (Å²) in [5.41, 5.74) is 2.98. The van der Waals surface area contributed by atoms with Crippen molar-refractivity contribution in [3.63, 3.8) is 0 Å². The first-order chi connectivity index (χ1) is 14.0. The fourth-order valence-electron chi connectivity index (χ4n) is 3.54. The van der Waals surface area contributed by atoms with Crippen LogP contribution in [0.2, 0.25) is 0 Å². The van der Waals surface area contributed by atoms with Gasteiger partial charge in [-0.15, -0.1) is 0 Å². The van der Waals surface area contributed by atoms with E-state index in [1.165, 1.54) is 5.56 Å². The molecule has 2 amide bonds. The number of nitrogens with one attached hydrogen (secondary N) is 2. The second-order valence-electron chi connectivity index (χ2n) is 7.81. The largest absolute Gasteiger partial charge is 0.378 e. The Morgan fingerprint density at radius 2 is 1.62 bits per heavy atom. The number of carbonyl (C=O) groups is 2. The minimum absolute atomic E-state index is 0.415. The minimum Gasteiger partial charge on any atom is -0.378 e. The fourth-order valence-corrected chi connectivity index (χ4v) is 3.54. The molecule has 2 N–H and O–H groups in total. The standard InChI is InChI=1S/C23H30N4O2/c1-26(2)21-10-8-20(9-11-21)25-23(29)22(28)24-16-18-12-14-27(15-13-18)17-19-6-4-3-5-7-19/h3-11,18H,12-17H2,1-2H3,(H,24,28)(H,25,29). The molecule has 1 saturated heterocycles. The lowest BCUT2D eigenvalue weighted by Gasteiger charge is -2.32. The minimum atomic E-state index is -0.621. The number of hydrogen-bond acceptors (Lipinski definition) is 4.